The van der Waals surface area contributed by atoms with Gasteiger partial charge < -0.3 is 42.1 Å². The van der Waals surface area contributed by atoms with Gasteiger partial charge >= 0.3 is 11.9 Å². The summed E-state index contributed by atoms with van der Waals surface area (Å²) in [7, 11) is 0. The van der Waals surface area contributed by atoms with Gasteiger partial charge in [0.15, 0.2) is 0 Å². The SMILES string of the molecule is CC(NC(=O)C(CO)NC(=O)C(CCC(=O)O)NC(=O)C(N)CO)C(=O)O. The summed E-state index contributed by atoms with van der Waals surface area (Å²) in [6.07, 6.45) is -0.852. The molecule has 0 heterocycles. The zero-order valence-corrected chi connectivity index (χ0v) is 14.5. The standard InChI is InChI=1S/C14H24N4O9/c1-6(14(26)27)16-13(25)9(5-20)18-12(24)8(2-3-10(21)22)17-11(23)7(15)4-19/h6-9,19-20H,2-5,15H2,1H3,(H,16,25)(H,17,23)(H,18,24)(H,21,22)(H,26,27). The van der Waals surface area contributed by atoms with Gasteiger partial charge in [0.25, 0.3) is 0 Å². The van der Waals surface area contributed by atoms with E-state index in [1.807, 2.05) is 5.32 Å². The Morgan fingerprint density at radius 3 is 1.81 bits per heavy atom. The van der Waals surface area contributed by atoms with E-state index in [1.54, 1.807) is 0 Å². The van der Waals surface area contributed by atoms with Crippen LogP contribution in [0.3, 0.4) is 0 Å². The van der Waals surface area contributed by atoms with Crippen LogP contribution >= 0.6 is 0 Å². The molecule has 0 spiro atoms. The highest BCUT2D eigenvalue weighted by Gasteiger charge is 2.29. The zero-order valence-electron chi connectivity index (χ0n) is 14.5. The number of hydrogen-bond donors (Lipinski definition) is 8. The number of aliphatic carboxylic acids is 2. The quantitative estimate of drug-likeness (QED) is 0.159. The van der Waals surface area contributed by atoms with Crippen LogP contribution in [0.2, 0.25) is 0 Å². The first-order chi connectivity index (χ1) is 12.5. The fourth-order valence-corrected chi connectivity index (χ4v) is 1.74. The Morgan fingerprint density at radius 1 is 0.852 bits per heavy atom. The second kappa shape index (κ2) is 11.8. The number of hydrogen-bond acceptors (Lipinski definition) is 8. The second-order valence-corrected chi connectivity index (χ2v) is 5.59. The van der Waals surface area contributed by atoms with Crippen molar-refractivity contribution >= 4 is 29.7 Å². The molecule has 0 aliphatic carbocycles. The molecule has 0 fully saturated rings. The molecule has 0 rings (SSSR count). The molecule has 0 bridgehead atoms. The molecule has 13 heteroatoms. The van der Waals surface area contributed by atoms with Gasteiger partial charge in [-0.3, -0.25) is 24.0 Å². The van der Waals surface area contributed by atoms with E-state index in [1.165, 1.54) is 6.92 Å². The van der Waals surface area contributed by atoms with Crippen LogP contribution in [0.4, 0.5) is 0 Å². The van der Waals surface area contributed by atoms with Crippen molar-refractivity contribution in [2.24, 2.45) is 5.73 Å². The van der Waals surface area contributed by atoms with Gasteiger partial charge in [-0.15, -0.1) is 0 Å². The summed E-state index contributed by atoms with van der Waals surface area (Å²) in [5, 5.41) is 41.9. The predicted octanol–water partition coefficient (Wildman–Crippen LogP) is -4.28. The summed E-state index contributed by atoms with van der Waals surface area (Å²) >= 11 is 0. The summed E-state index contributed by atoms with van der Waals surface area (Å²) in [6.45, 7) is -0.420. The molecule has 27 heavy (non-hydrogen) atoms. The molecule has 0 aromatic rings. The zero-order chi connectivity index (χ0) is 21.1. The topological polar surface area (TPSA) is 228 Å². The lowest BCUT2D eigenvalue weighted by atomic mass is 10.1. The van der Waals surface area contributed by atoms with E-state index in [9.17, 15) is 29.1 Å². The van der Waals surface area contributed by atoms with Gasteiger partial charge in [-0.05, 0) is 13.3 Å². The van der Waals surface area contributed by atoms with Gasteiger partial charge in [-0.25, -0.2) is 0 Å². The van der Waals surface area contributed by atoms with Gasteiger partial charge in [-0.1, -0.05) is 0 Å². The summed E-state index contributed by atoms with van der Waals surface area (Å²) in [5.74, 6) is -5.49. The molecule has 0 radical (unpaired) electrons. The van der Waals surface area contributed by atoms with E-state index in [4.69, 9.17) is 21.1 Å². The van der Waals surface area contributed by atoms with Crippen LogP contribution < -0.4 is 21.7 Å². The van der Waals surface area contributed by atoms with Crippen LogP contribution in [-0.4, -0.2) is 87.5 Å². The van der Waals surface area contributed by atoms with E-state index >= 15 is 0 Å². The third kappa shape index (κ3) is 8.94. The number of carboxylic acids is 2. The van der Waals surface area contributed by atoms with Crippen molar-refractivity contribution in [3.8, 4) is 0 Å². The van der Waals surface area contributed by atoms with Crippen molar-refractivity contribution < 1.29 is 44.4 Å². The first-order valence-corrected chi connectivity index (χ1v) is 7.86. The van der Waals surface area contributed by atoms with Gasteiger partial charge in [0.1, 0.15) is 24.2 Å². The van der Waals surface area contributed by atoms with Crippen molar-refractivity contribution in [1.29, 1.82) is 0 Å². The molecular formula is C14H24N4O9. The molecule has 0 aliphatic rings. The maximum atomic E-state index is 12.3. The minimum absolute atomic E-state index is 0.351. The number of carbonyl (C=O) groups is 5. The van der Waals surface area contributed by atoms with E-state index in [-0.39, 0.29) is 6.42 Å². The number of rotatable bonds is 12. The third-order valence-corrected chi connectivity index (χ3v) is 3.36. The fraction of sp³-hybridized carbons (Fsp3) is 0.643. The molecule has 154 valence electrons. The normalized spacial score (nSPS) is 15.0. The predicted molar refractivity (Wildman–Crippen MR) is 88.1 cm³/mol. The Bertz CT molecular complexity index is 569. The molecule has 4 unspecified atom stereocenters. The largest absolute Gasteiger partial charge is 0.481 e. The van der Waals surface area contributed by atoms with Crippen LogP contribution in [0.5, 0.6) is 0 Å². The first kappa shape index (κ1) is 24.2. The molecule has 9 N–H and O–H groups in total. The number of amides is 3. The number of aliphatic hydroxyl groups is 2. The summed E-state index contributed by atoms with van der Waals surface area (Å²) in [4.78, 5) is 57.3. The fourth-order valence-electron chi connectivity index (χ4n) is 1.74. The van der Waals surface area contributed by atoms with E-state index < -0.39 is 73.5 Å². The smallest absolute Gasteiger partial charge is 0.325 e. The van der Waals surface area contributed by atoms with Crippen LogP contribution in [0.25, 0.3) is 0 Å². The average molecular weight is 392 g/mol. The first-order valence-electron chi connectivity index (χ1n) is 7.86. The minimum atomic E-state index is -1.53. The third-order valence-electron chi connectivity index (χ3n) is 3.36. The molecular weight excluding hydrogens is 368 g/mol. The number of nitrogens with one attached hydrogen (secondary N) is 3. The average Bonchev–Trinajstić information content (AvgIpc) is 2.61. The van der Waals surface area contributed by atoms with Crippen LogP contribution in [0.1, 0.15) is 19.8 Å². The van der Waals surface area contributed by atoms with Crippen molar-refractivity contribution in [2.45, 2.75) is 43.9 Å². The Hall–Kier alpha value is -2.77. The lowest BCUT2D eigenvalue weighted by molar-refractivity contribution is -0.142. The second-order valence-electron chi connectivity index (χ2n) is 5.59. The monoisotopic (exact) mass is 392 g/mol. The number of aliphatic hydroxyl groups excluding tert-OH is 2. The van der Waals surface area contributed by atoms with Gasteiger partial charge in [0, 0.05) is 6.42 Å². The van der Waals surface area contributed by atoms with Gasteiger partial charge in [0.2, 0.25) is 17.7 Å². The highest BCUT2D eigenvalue weighted by atomic mass is 16.4. The Morgan fingerprint density at radius 2 is 1.37 bits per heavy atom. The highest BCUT2D eigenvalue weighted by Crippen LogP contribution is 2.00. The lowest BCUT2D eigenvalue weighted by Gasteiger charge is -2.23. The maximum absolute atomic E-state index is 12.3. The summed E-state index contributed by atoms with van der Waals surface area (Å²) in [6, 6.07) is -5.58. The Kier molecular flexibility index (Phi) is 10.6. The summed E-state index contributed by atoms with van der Waals surface area (Å²) in [5.41, 5.74) is 5.31. The molecule has 0 aromatic carbocycles. The maximum Gasteiger partial charge on any atom is 0.325 e. The Balaban J connectivity index is 5.10. The summed E-state index contributed by atoms with van der Waals surface area (Å²) < 4.78 is 0. The van der Waals surface area contributed by atoms with Gasteiger partial charge in [0.05, 0.1) is 13.2 Å². The van der Waals surface area contributed by atoms with Crippen molar-refractivity contribution in [1.82, 2.24) is 16.0 Å². The molecule has 0 aromatic heterocycles. The minimum Gasteiger partial charge on any atom is -0.481 e. The van der Waals surface area contributed by atoms with Crippen LogP contribution in [0.15, 0.2) is 0 Å². The Labute approximate surface area is 153 Å². The number of nitrogens with two attached hydrogens (primary N) is 1. The molecule has 0 saturated heterocycles. The highest BCUT2D eigenvalue weighted by molar-refractivity contribution is 5.94. The van der Waals surface area contributed by atoms with E-state index in [0.29, 0.717) is 0 Å². The number of carbonyl (C=O) groups excluding carboxylic acids is 3. The molecule has 4 atom stereocenters. The molecule has 3 amide bonds. The van der Waals surface area contributed by atoms with Gasteiger partial charge in [-0.2, -0.15) is 0 Å². The number of carboxylic acid groups (broad SMARTS) is 2. The van der Waals surface area contributed by atoms with Crippen molar-refractivity contribution in [2.75, 3.05) is 13.2 Å². The van der Waals surface area contributed by atoms with Crippen LogP contribution in [-0.2, 0) is 24.0 Å². The lowest BCUT2D eigenvalue weighted by Crippen LogP contribution is -2.58. The van der Waals surface area contributed by atoms with E-state index in [2.05, 4.69) is 10.6 Å². The van der Waals surface area contributed by atoms with Crippen LogP contribution in [0, 0.1) is 0 Å². The molecule has 0 saturated carbocycles. The van der Waals surface area contributed by atoms with E-state index in [0.717, 1.165) is 0 Å². The molecule has 13 nitrogen and oxygen atoms in total. The van der Waals surface area contributed by atoms with Crippen molar-refractivity contribution in [3.63, 3.8) is 0 Å². The molecule has 0 aliphatic heterocycles. The van der Waals surface area contributed by atoms with Crippen molar-refractivity contribution in [3.05, 3.63) is 0 Å².